The number of benzene rings is 2. The van der Waals surface area contributed by atoms with Gasteiger partial charge in [0, 0.05) is 24.3 Å². The SMILES string of the molecule is CCc1ccc(C(=O)Nc2ccc(N3CCC(C)CC3)c(N)c2)cc1. The fraction of sp³-hybridized carbons (Fsp3) is 0.381. The van der Waals surface area contributed by atoms with Crippen LogP contribution < -0.4 is 16.0 Å². The maximum absolute atomic E-state index is 12.4. The average Bonchev–Trinajstić information content (AvgIpc) is 2.63. The number of nitrogen functional groups attached to an aromatic ring is 1. The van der Waals surface area contributed by atoms with Crippen molar-refractivity contribution in [1.29, 1.82) is 0 Å². The van der Waals surface area contributed by atoms with E-state index in [1.807, 2.05) is 42.5 Å². The Kier molecular flexibility index (Phi) is 5.27. The zero-order valence-corrected chi connectivity index (χ0v) is 15.1. The number of rotatable bonds is 4. The Balaban J connectivity index is 1.68. The zero-order chi connectivity index (χ0) is 17.8. The molecule has 0 saturated carbocycles. The molecule has 132 valence electrons. The number of anilines is 3. The quantitative estimate of drug-likeness (QED) is 0.817. The molecule has 2 aromatic rings. The highest BCUT2D eigenvalue weighted by Crippen LogP contribution is 2.30. The zero-order valence-electron chi connectivity index (χ0n) is 15.1. The summed E-state index contributed by atoms with van der Waals surface area (Å²) in [4.78, 5) is 14.7. The predicted molar refractivity (Wildman–Crippen MR) is 105 cm³/mol. The minimum atomic E-state index is -0.110. The molecular weight excluding hydrogens is 310 g/mol. The summed E-state index contributed by atoms with van der Waals surface area (Å²) in [6.45, 7) is 6.48. The highest BCUT2D eigenvalue weighted by Gasteiger charge is 2.18. The van der Waals surface area contributed by atoms with Gasteiger partial charge in [-0.3, -0.25) is 4.79 Å². The van der Waals surface area contributed by atoms with E-state index in [1.165, 1.54) is 18.4 Å². The van der Waals surface area contributed by atoms with Crippen LogP contribution in [0.15, 0.2) is 42.5 Å². The molecule has 1 saturated heterocycles. The van der Waals surface area contributed by atoms with E-state index in [0.717, 1.165) is 36.8 Å². The standard InChI is InChI=1S/C21H27N3O/c1-3-16-4-6-17(7-5-16)21(25)23-18-8-9-20(19(22)14-18)24-12-10-15(2)11-13-24/h4-9,14-15H,3,10-13,22H2,1-2H3,(H,23,25). The summed E-state index contributed by atoms with van der Waals surface area (Å²) in [6.07, 6.45) is 3.37. The Morgan fingerprint density at radius 1 is 1.16 bits per heavy atom. The molecule has 0 spiro atoms. The van der Waals surface area contributed by atoms with Crippen LogP contribution in [0.25, 0.3) is 0 Å². The van der Waals surface area contributed by atoms with E-state index in [-0.39, 0.29) is 5.91 Å². The molecule has 4 nitrogen and oxygen atoms in total. The molecule has 3 N–H and O–H groups in total. The van der Waals surface area contributed by atoms with Crippen LogP contribution in [0.2, 0.25) is 0 Å². The van der Waals surface area contributed by atoms with Crippen LogP contribution in [0.5, 0.6) is 0 Å². The summed E-state index contributed by atoms with van der Waals surface area (Å²) < 4.78 is 0. The number of hydrogen-bond acceptors (Lipinski definition) is 3. The van der Waals surface area contributed by atoms with Crippen molar-refractivity contribution in [2.45, 2.75) is 33.1 Å². The summed E-state index contributed by atoms with van der Waals surface area (Å²) in [5.74, 6) is 0.678. The molecule has 4 heteroatoms. The Hall–Kier alpha value is -2.49. The lowest BCUT2D eigenvalue weighted by atomic mass is 9.98. The topological polar surface area (TPSA) is 58.4 Å². The fourth-order valence-corrected chi connectivity index (χ4v) is 3.26. The number of piperidine rings is 1. The largest absolute Gasteiger partial charge is 0.397 e. The molecule has 2 aromatic carbocycles. The third-order valence-electron chi connectivity index (χ3n) is 5.03. The Bertz CT molecular complexity index is 731. The van der Waals surface area contributed by atoms with Crippen molar-refractivity contribution in [3.8, 4) is 0 Å². The lowest BCUT2D eigenvalue weighted by Gasteiger charge is -2.33. The van der Waals surface area contributed by atoms with Crippen LogP contribution in [0.1, 0.15) is 42.6 Å². The second kappa shape index (κ2) is 7.60. The number of aryl methyl sites for hydroxylation is 1. The first kappa shape index (κ1) is 17.3. The van der Waals surface area contributed by atoms with Gasteiger partial charge in [0.1, 0.15) is 0 Å². The molecule has 0 bridgehead atoms. The number of amides is 1. The van der Waals surface area contributed by atoms with Gasteiger partial charge < -0.3 is 16.0 Å². The normalized spacial score (nSPS) is 15.2. The molecule has 1 amide bonds. The van der Waals surface area contributed by atoms with Gasteiger partial charge in [0.2, 0.25) is 0 Å². The molecular formula is C21H27N3O. The highest BCUT2D eigenvalue weighted by molar-refractivity contribution is 6.04. The van der Waals surface area contributed by atoms with Crippen LogP contribution in [0, 0.1) is 5.92 Å². The van der Waals surface area contributed by atoms with Gasteiger partial charge in [0.25, 0.3) is 5.91 Å². The van der Waals surface area contributed by atoms with E-state index in [9.17, 15) is 4.79 Å². The van der Waals surface area contributed by atoms with Crippen LogP contribution in [0.4, 0.5) is 17.1 Å². The van der Waals surface area contributed by atoms with Gasteiger partial charge >= 0.3 is 0 Å². The first-order valence-electron chi connectivity index (χ1n) is 9.11. The molecule has 25 heavy (non-hydrogen) atoms. The van der Waals surface area contributed by atoms with Crippen molar-refractivity contribution in [2.24, 2.45) is 5.92 Å². The number of carbonyl (C=O) groups excluding carboxylic acids is 1. The van der Waals surface area contributed by atoms with Gasteiger partial charge in [0.05, 0.1) is 11.4 Å². The van der Waals surface area contributed by atoms with E-state index in [2.05, 4.69) is 24.1 Å². The molecule has 1 fully saturated rings. The van der Waals surface area contributed by atoms with Crippen molar-refractivity contribution in [2.75, 3.05) is 29.0 Å². The maximum Gasteiger partial charge on any atom is 0.255 e. The first-order chi connectivity index (χ1) is 12.1. The van der Waals surface area contributed by atoms with Crippen molar-refractivity contribution in [3.05, 3.63) is 53.6 Å². The van der Waals surface area contributed by atoms with Gasteiger partial charge in [-0.25, -0.2) is 0 Å². The number of carbonyl (C=O) groups is 1. The van der Waals surface area contributed by atoms with E-state index >= 15 is 0 Å². The minimum absolute atomic E-state index is 0.110. The summed E-state index contributed by atoms with van der Waals surface area (Å²) in [5, 5.41) is 2.94. The molecule has 3 rings (SSSR count). The summed E-state index contributed by atoms with van der Waals surface area (Å²) in [7, 11) is 0. The summed E-state index contributed by atoms with van der Waals surface area (Å²) in [6, 6.07) is 13.5. The molecule has 1 aliphatic heterocycles. The first-order valence-corrected chi connectivity index (χ1v) is 9.11. The van der Waals surface area contributed by atoms with E-state index in [0.29, 0.717) is 11.3 Å². The lowest BCUT2D eigenvalue weighted by Crippen LogP contribution is -2.33. The van der Waals surface area contributed by atoms with Gasteiger partial charge in [-0.2, -0.15) is 0 Å². The van der Waals surface area contributed by atoms with Crippen molar-refractivity contribution in [3.63, 3.8) is 0 Å². The molecule has 0 atom stereocenters. The molecule has 0 aliphatic carbocycles. The second-order valence-electron chi connectivity index (χ2n) is 6.95. The lowest BCUT2D eigenvalue weighted by molar-refractivity contribution is 0.102. The number of hydrogen-bond donors (Lipinski definition) is 2. The Morgan fingerprint density at radius 2 is 1.84 bits per heavy atom. The van der Waals surface area contributed by atoms with Gasteiger partial charge in [0.15, 0.2) is 0 Å². The number of nitrogens with two attached hydrogens (primary N) is 1. The van der Waals surface area contributed by atoms with Crippen LogP contribution in [-0.4, -0.2) is 19.0 Å². The second-order valence-corrected chi connectivity index (χ2v) is 6.95. The minimum Gasteiger partial charge on any atom is -0.397 e. The Morgan fingerprint density at radius 3 is 2.44 bits per heavy atom. The summed E-state index contributed by atoms with van der Waals surface area (Å²) >= 11 is 0. The van der Waals surface area contributed by atoms with E-state index in [4.69, 9.17) is 5.73 Å². The fourth-order valence-electron chi connectivity index (χ4n) is 3.26. The van der Waals surface area contributed by atoms with Crippen molar-refractivity contribution in [1.82, 2.24) is 0 Å². The predicted octanol–water partition coefficient (Wildman–Crippen LogP) is 4.32. The van der Waals surface area contributed by atoms with Crippen molar-refractivity contribution >= 4 is 23.0 Å². The summed E-state index contributed by atoms with van der Waals surface area (Å²) in [5.41, 5.74) is 10.6. The molecule has 0 aromatic heterocycles. The van der Waals surface area contributed by atoms with Crippen LogP contribution in [0.3, 0.4) is 0 Å². The molecule has 0 unspecified atom stereocenters. The third kappa shape index (κ3) is 4.13. The Labute approximate surface area is 150 Å². The van der Waals surface area contributed by atoms with Gasteiger partial charge in [-0.1, -0.05) is 26.0 Å². The smallest absolute Gasteiger partial charge is 0.255 e. The highest BCUT2D eigenvalue weighted by atomic mass is 16.1. The third-order valence-corrected chi connectivity index (χ3v) is 5.03. The monoisotopic (exact) mass is 337 g/mol. The van der Waals surface area contributed by atoms with E-state index < -0.39 is 0 Å². The molecule has 0 radical (unpaired) electrons. The number of nitrogens with one attached hydrogen (secondary N) is 1. The van der Waals surface area contributed by atoms with Crippen LogP contribution in [-0.2, 0) is 6.42 Å². The molecule has 1 aliphatic rings. The maximum atomic E-state index is 12.4. The average molecular weight is 337 g/mol. The van der Waals surface area contributed by atoms with Gasteiger partial charge in [-0.15, -0.1) is 0 Å². The van der Waals surface area contributed by atoms with E-state index in [1.54, 1.807) is 0 Å². The van der Waals surface area contributed by atoms with Gasteiger partial charge in [-0.05, 0) is 61.1 Å². The van der Waals surface area contributed by atoms with Crippen molar-refractivity contribution < 1.29 is 4.79 Å². The van der Waals surface area contributed by atoms with Crippen LogP contribution >= 0.6 is 0 Å². The number of nitrogens with zero attached hydrogens (tertiary/aromatic N) is 1. The molecule has 1 heterocycles.